The van der Waals surface area contributed by atoms with Crippen LogP contribution >= 0.6 is 0 Å². The fourth-order valence-corrected chi connectivity index (χ4v) is 4.01. The van der Waals surface area contributed by atoms with Gasteiger partial charge in [0.25, 0.3) is 5.91 Å². The largest absolute Gasteiger partial charge is 0.503 e. The lowest BCUT2D eigenvalue weighted by Crippen LogP contribution is -2.49. The monoisotopic (exact) mass is 449 g/mol. The first kappa shape index (κ1) is 22.0. The van der Waals surface area contributed by atoms with E-state index in [2.05, 4.69) is 0 Å². The summed E-state index contributed by atoms with van der Waals surface area (Å²) < 4.78 is 21.4. The molecule has 8 nitrogen and oxygen atoms in total. The molecule has 170 valence electrons. The third kappa shape index (κ3) is 3.69. The molecule has 1 unspecified atom stereocenters. The third-order valence-corrected chi connectivity index (χ3v) is 5.63. The molecule has 1 amide bonds. The van der Waals surface area contributed by atoms with Gasteiger partial charge in [-0.1, -0.05) is 18.2 Å². The Balaban J connectivity index is 1.91. The number of aliphatic hydroxyl groups excluding tert-OH is 1. The van der Waals surface area contributed by atoms with Gasteiger partial charge >= 0.3 is 0 Å². The van der Waals surface area contributed by atoms with Gasteiger partial charge in [0.1, 0.15) is 5.75 Å². The average molecular weight is 449 g/mol. The molecule has 1 aliphatic heterocycles. The molecule has 0 saturated carbocycles. The average Bonchev–Trinajstić information content (AvgIpc) is 3.47. The van der Waals surface area contributed by atoms with Crippen molar-refractivity contribution in [1.29, 1.82) is 0 Å². The van der Waals surface area contributed by atoms with Gasteiger partial charge < -0.3 is 28.6 Å². The first-order valence-corrected chi connectivity index (χ1v) is 10.1. The van der Waals surface area contributed by atoms with Gasteiger partial charge in [-0.15, -0.1) is 0 Å². The minimum atomic E-state index is -1.68. The van der Waals surface area contributed by atoms with E-state index < -0.39 is 23.0 Å². The standard InChI is InChI=1S/C25H23NO7/c1-30-18-7-4-6-16(12-18)15-26-24(29)19(27)14-25(26,23(28)21-8-5-11-33-21)17-9-10-20(31-2)22(13-17)32-3/h4-14,27H,15H2,1-3H3. The van der Waals surface area contributed by atoms with Crippen molar-refractivity contribution in [3.05, 3.63) is 89.6 Å². The zero-order valence-corrected chi connectivity index (χ0v) is 18.4. The van der Waals surface area contributed by atoms with Crippen LogP contribution in [0, 0.1) is 0 Å². The molecule has 0 aliphatic carbocycles. The number of ketones is 1. The van der Waals surface area contributed by atoms with Gasteiger partial charge in [-0.3, -0.25) is 9.59 Å². The highest BCUT2D eigenvalue weighted by atomic mass is 16.5. The predicted molar refractivity (Wildman–Crippen MR) is 119 cm³/mol. The number of rotatable bonds is 8. The Hall–Kier alpha value is -4.20. The topological polar surface area (TPSA) is 98.4 Å². The number of methoxy groups -OCH3 is 3. The summed E-state index contributed by atoms with van der Waals surface area (Å²) in [7, 11) is 4.52. The number of benzene rings is 2. The summed E-state index contributed by atoms with van der Waals surface area (Å²) in [5, 5.41) is 10.5. The van der Waals surface area contributed by atoms with Crippen LogP contribution < -0.4 is 14.2 Å². The molecule has 2 heterocycles. The highest BCUT2D eigenvalue weighted by Gasteiger charge is 2.53. The SMILES string of the molecule is COc1cccc(CN2C(=O)C(O)=CC2(C(=O)c2ccco2)c2ccc(OC)c(OC)c2)c1. The number of aliphatic hydroxyl groups is 1. The van der Waals surface area contributed by atoms with Gasteiger partial charge in [-0.05, 0) is 47.5 Å². The molecule has 4 rings (SSSR count). The van der Waals surface area contributed by atoms with Crippen LogP contribution in [0.25, 0.3) is 0 Å². The second kappa shape index (κ2) is 8.74. The number of nitrogens with zero attached hydrogens (tertiary/aromatic N) is 1. The molecule has 0 spiro atoms. The number of hydrogen-bond donors (Lipinski definition) is 1. The molecule has 0 saturated heterocycles. The fourth-order valence-electron chi connectivity index (χ4n) is 4.01. The second-order valence-corrected chi connectivity index (χ2v) is 7.41. The number of furan rings is 1. The van der Waals surface area contributed by atoms with E-state index in [9.17, 15) is 14.7 Å². The summed E-state index contributed by atoms with van der Waals surface area (Å²) >= 11 is 0. The van der Waals surface area contributed by atoms with Crippen LogP contribution in [-0.2, 0) is 16.9 Å². The van der Waals surface area contributed by atoms with E-state index in [0.29, 0.717) is 28.4 Å². The Morgan fingerprint density at radius 2 is 1.79 bits per heavy atom. The van der Waals surface area contributed by atoms with Crippen molar-refractivity contribution in [3.8, 4) is 17.2 Å². The molecule has 1 aliphatic rings. The van der Waals surface area contributed by atoms with Crippen LogP contribution in [-0.4, -0.2) is 43.0 Å². The molecule has 2 aromatic carbocycles. The maximum atomic E-state index is 13.9. The second-order valence-electron chi connectivity index (χ2n) is 7.41. The van der Waals surface area contributed by atoms with E-state index in [1.807, 2.05) is 6.07 Å². The number of amides is 1. The molecular weight excluding hydrogens is 426 g/mol. The zero-order chi connectivity index (χ0) is 23.6. The van der Waals surface area contributed by atoms with Crippen LogP contribution in [0.3, 0.4) is 0 Å². The van der Waals surface area contributed by atoms with E-state index in [1.165, 1.54) is 37.5 Å². The van der Waals surface area contributed by atoms with Crippen molar-refractivity contribution < 1.29 is 33.3 Å². The Bertz CT molecular complexity index is 1220. The summed E-state index contributed by atoms with van der Waals surface area (Å²) in [4.78, 5) is 28.3. The van der Waals surface area contributed by atoms with Crippen molar-refractivity contribution in [2.45, 2.75) is 12.1 Å². The first-order valence-electron chi connectivity index (χ1n) is 10.1. The third-order valence-electron chi connectivity index (χ3n) is 5.63. The van der Waals surface area contributed by atoms with Crippen molar-refractivity contribution in [2.24, 2.45) is 0 Å². The smallest absolute Gasteiger partial charge is 0.290 e. The van der Waals surface area contributed by atoms with Gasteiger partial charge in [-0.25, -0.2) is 0 Å². The van der Waals surface area contributed by atoms with Crippen LogP contribution in [0.4, 0.5) is 0 Å². The van der Waals surface area contributed by atoms with E-state index in [4.69, 9.17) is 18.6 Å². The normalized spacial score (nSPS) is 17.6. The Morgan fingerprint density at radius 3 is 2.45 bits per heavy atom. The van der Waals surface area contributed by atoms with E-state index >= 15 is 0 Å². The summed E-state index contributed by atoms with van der Waals surface area (Å²) in [6.07, 6.45) is 2.63. The van der Waals surface area contributed by atoms with Gasteiger partial charge in [0.2, 0.25) is 5.78 Å². The minimum Gasteiger partial charge on any atom is -0.503 e. The van der Waals surface area contributed by atoms with Gasteiger partial charge in [0.05, 0.1) is 27.6 Å². The highest BCUT2D eigenvalue weighted by molar-refractivity contribution is 6.10. The molecule has 1 atom stereocenters. The molecule has 33 heavy (non-hydrogen) atoms. The molecular formula is C25H23NO7. The zero-order valence-electron chi connectivity index (χ0n) is 18.4. The summed E-state index contributed by atoms with van der Waals surface area (Å²) in [5.74, 6) is -0.265. The van der Waals surface area contributed by atoms with Crippen LogP contribution in [0.15, 0.2) is 77.1 Å². The number of carbonyl (C=O) groups excluding carboxylic acids is 2. The fraction of sp³-hybridized carbons (Fsp3) is 0.200. The summed E-state index contributed by atoms with van der Waals surface area (Å²) in [6, 6.07) is 15.1. The van der Waals surface area contributed by atoms with Crippen LogP contribution in [0.2, 0.25) is 0 Å². The Labute approximate surface area is 190 Å². The lowest BCUT2D eigenvalue weighted by molar-refractivity contribution is -0.131. The van der Waals surface area contributed by atoms with Crippen LogP contribution in [0.1, 0.15) is 21.7 Å². The Kier molecular flexibility index (Phi) is 5.83. The number of Topliss-reactive ketones (excluding diaryl/α,β-unsaturated/α-hetero) is 1. The Morgan fingerprint density at radius 1 is 1.00 bits per heavy atom. The maximum Gasteiger partial charge on any atom is 0.290 e. The van der Waals surface area contributed by atoms with Crippen molar-refractivity contribution in [2.75, 3.05) is 21.3 Å². The van der Waals surface area contributed by atoms with Gasteiger partial charge in [0.15, 0.2) is 28.6 Å². The first-order chi connectivity index (χ1) is 15.9. The summed E-state index contributed by atoms with van der Waals surface area (Å²) in [5.41, 5.74) is -0.563. The number of carbonyl (C=O) groups is 2. The molecule has 8 heteroatoms. The van der Waals surface area contributed by atoms with Gasteiger partial charge in [-0.2, -0.15) is 0 Å². The van der Waals surface area contributed by atoms with E-state index in [-0.39, 0.29) is 12.3 Å². The lowest BCUT2D eigenvalue weighted by Gasteiger charge is -2.36. The number of ether oxygens (including phenoxy) is 3. The van der Waals surface area contributed by atoms with Crippen molar-refractivity contribution >= 4 is 11.7 Å². The van der Waals surface area contributed by atoms with E-state index in [0.717, 1.165) is 0 Å². The molecule has 0 fully saturated rings. The molecule has 1 N–H and O–H groups in total. The quantitative estimate of drug-likeness (QED) is 0.521. The van der Waals surface area contributed by atoms with Crippen molar-refractivity contribution in [1.82, 2.24) is 4.90 Å². The highest BCUT2D eigenvalue weighted by Crippen LogP contribution is 2.44. The summed E-state index contributed by atoms with van der Waals surface area (Å²) in [6.45, 7) is 0.0252. The minimum absolute atomic E-state index is 0.0252. The molecule has 0 radical (unpaired) electrons. The van der Waals surface area contributed by atoms with Gasteiger partial charge in [0, 0.05) is 12.6 Å². The maximum absolute atomic E-state index is 13.9. The molecule has 3 aromatic rings. The molecule has 0 bridgehead atoms. The van der Waals surface area contributed by atoms with Crippen LogP contribution in [0.5, 0.6) is 17.2 Å². The van der Waals surface area contributed by atoms with Crippen molar-refractivity contribution in [3.63, 3.8) is 0 Å². The number of hydrogen-bond acceptors (Lipinski definition) is 7. The molecule has 1 aromatic heterocycles. The lowest BCUT2D eigenvalue weighted by atomic mass is 9.83. The van der Waals surface area contributed by atoms with E-state index in [1.54, 1.807) is 49.6 Å². The predicted octanol–water partition coefficient (Wildman–Crippen LogP) is 3.87.